The molecule has 1 aromatic rings. The number of aryl methyl sites for hydroxylation is 2. The summed E-state index contributed by atoms with van der Waals surface area (Å²) in [5.74, 6) is 0.311. The Morgan fingerprint density at radius 3 is 2.65 bits per heavy atom. The quantitative estimate of drug-likeness (QED) is 0.871. The second-order valence-corrected chi connectivity index (χ2v) is 7.43. The molecule has 0 radical (unpaired) electrons. The molecular weight excluding hydrogens is 276 g/mol. The molecule has 1 aromatic heterocycles. The molecular formula is C13H24N4O2S. The van der Waals surface area contributed by atoms with Crippen molar-refractivity contribution in [3.8, 4) is 0 Å². The van der Waals surface area contributed by atoms with E-state index >= 15 is 0 Å². The van der Waals surface area contributed by atoms with Gasteiger partial charge in [-0.3, -0.25) is 5.10 Å². The van der Waals surface area contributed by atoms with E-state index in [0.29, 0.717) is 41.3 Å². The molecule has 7 heteroatoms. The number of aromatic amines is 1. The lowest BCUT2D eigenvalue weighted by Crippen LogP contribution is -2.50. The maximum Gasteiger partial charge on any atom is 0.246 e. The number of aromatic nitrogens is 2. The lowest BCUT2D eigenvalue weighted by molar-refractivity contribution is 0.222. The van der Waals surface area contributed by atoms with Crippen LogP contribution >= 0.6 is 0 Å². The van der Waals surface area contributed by atoms with Gasteiger partial charge >= 0.3 is 0 Å². The molecule has 2 rings (SSSR count). The van der Waals surface area contributed by atoms with Crippen molar-refractivity contribution in [2.75, 3.05) is 19.6 Å². The van der Waals surface area contributed by atoms with E-state index in [1.165, 1.54) is 0 Å². The molecule has 1 aliphatic rings. The Balaban J connectivity index is 2.21. The summed E-state index contributed by atoms with van der Waals surface area (Å²) in [6.07, 6.45) is 0.851. The van der Waals surface area contributed by atoms with Crippen LogP contribution in [0.1, 0.15) is 31.7 Å². The summed E-state index contributed by atoms with van der Waals surface area (Å²) in [5, 5.41) is 10.2. The van der Waals surface area contributed by atoms with E-state index in [1.807, 2.05) is 0 Å². The highest BCUT2D eigenvalue weighted by Crippen LogP contribution is 2.26. The number of nitrogens with one attached hydrogen (secondary N) is 2. The summed E-state index contributed by atoms with van der Waals surface area (Å²) < 4.78 is 27.1. The van der Waals surface area contributed by atoms with Gasteiger partial charge in [-0.15, -0.1) is 0 Å². The van der Waals surface area contributed by atoms with Gasteiger partial charge in [0, 0.05) is 19.1 Å². The first-order valence-corrected chi connectivity index (χ1v) is 8.57. The molecule has 0 saturated carbocycles. The van der Waals surface area contributed by atoms with Crippen LogP contribution in [0, 0.1) is 19.8 Å². The largest absolute Gasteiger partial charge is 0.314 e. The third kappa shape index (κ3) is 2.75. The van der Waals surface area contributed by atoms with Gasteiger partial charge in [0.1, 0.15) is 4.90 Å². The zero-order valence-corrected chi connectivity index (χ0v) is 13.4. The number of nitrogens with zero attached hydrogens (tertiary/aromatic N) is 2. The summed E-state index contributed by atoms with van der Waals surface area (Å²) in [5.41, 5.74) is 1.16. The maximum absolute atomic E-state index is 12.7. The maximum atomic E-state index is 12.7. The fourth-order valence-corrected chi connectivity index (χ4v) is 4.83. The highest BCUT2D eigenvalue weighted by atomic mass is 32.2. The smallest absolute Gasteiger partial charge is 0.246 e. The second-order valence-electron chi connectivity index (χ2n) is 5.56. The van der Waals surface area contributed by atoms with E-state index in [-0.39, 0.29) is 0 Å². The summed E-state index contributed by atoms with van der Waals surface area (Å²) >= 11 is 0. The van der Waals surface area contributed by atoms with Gasteiger partial charge in [0.05, 0.1) is 11.4 Å². The molecule has 0 amide bonds. The van der Waals surface area contributed by atoms with Crippen LogP contribution in [-0.4, -0.2) is 48.6 Å². The van der Waals surface area contributed by atoms with E-state index in [1.54, 1.807) is 18.2 Å². The summed E-state index contributed by atoms with van der Waals surface area (Å²) in [4.78, 5) is 0.339. The van der Waals surface area contributed by atoms with Gasteiger partial charge in [-0.25, -0.2) is 8.42 Å². The fraction of sp³-hybridized carbons (Fsp3) is 0.769. The summed E-state index contributed by atoms with van der Waals surface area (Å²) in [6.45, 7) is 9.70. The van der Waals surface area contributed by atoms with Gasteiger partial charge in [0.15, 0.2) is 0 Å². The van der Waals surface area contributed by atoms with Crippen LogP contribution < -0.4 is 5.32 Å². The SMILES string of the molecule is CCNC1CCN(S(=O)(=O)c2c(C)n[nH]c2C)CC1C. The van der Waals surface area contributed by atoms with Gasteiger partial charge in [-0.1, -0.05) is 13.8 Å². The fourth-order valence-electron chi connectivity index (χ4n) is 2.94. The molecule has 0 bridgehead atoms. The van der Waals surface area contributed by atoms with Crippen molar-refractivity contribution >= 4 is 10.0 Å². The van der Waals surface area contributed by atoms with Crippen molar-refractivity contribution in [3.05, 3.63) is 11.4 Å². The number of H-pyrrole nitrogens is 1. The molecule has 2 atom stereocenters. The summed E-state index contributed by atoms with van der Waals surface area (Å²) in [6, 6.07) is 0.401. The first kappa shape index (κ1) is 15.5. The van der Waals surface area contributed by atoms with E-state index in [4.69, 9.17) is 0 Å². The average molecular weight is 300 g/mol. The van der Waals surface area contributed by atoms with Crippen LogP contribution in [-0.2, 0) is 10.0 Å². The van der Waals surface area contributed by atoms with E-state index < -0.39 is 10.0 Å². The van der Waals surface area contributed by atoms with Crippen LogP contribution in [0.3, 0.4) is 0 Å². The van der Waals surface area contributed by atoms with Crippen molar-refractivity contribution < 1.29 is 8.42 Å². The minimum Gasteiger partial charge on any atom is -0.314 e. The first-order valence-electron chi connectivity index (χ1n) is 7.13. The standard InChI is InChI=1S/C13H24N4O2S/c1-5-14-12-6-7-17(8-9(12)2)20(18,19)13-10(3)15-16-11(13)4/h9,12,14H,5-8H2,1-4H3,(H,15,16). The van der Waals surface area contributed by atoms with E-state index in [9.17, 15) is 8.42 Å². The predicted octanol–water partition coefficient (Wildman–Crippen LogP) is 1.04. The van der Waals surface area contributed by atoms with Crippen molar-refractivity contribution in [1.29, 1.82) is 0 Å². The van der Waals surface area contributed by atoms with Crippen LogP contribution in [0.5, 0.6) is 0 Å². The average Bonchev–Trinajstić information content (AvgIpc) is 2.72. The molecule has 2 unspecified atom stereocenters. The Labute approximate surface area is 121 Å². The number of hydrogen-bond acceptors (Lipinski definition) is 4. The Bertz CT molecular complexity index is 547. The first-order chi connectivity index (χ1) is 9.37. The molecule has 114 valence electrons. The van der Waals surface area contributed by atoms with Crippen LogP contribution in [0.15, 0.2) is 4.90 Å². The second kappa shape index (κ2) is 5.83. The zero-order valence-electron chi connectivity index (χ0n) is 12.6. The lowest BCUT2D eigenvalue weighted by atomic mass is 9.95. The Morgan fingerprint density at radius 2 is 2.15 bits per heavy atom. The molecule has 1 saturated heterocycles. The zero-order chi connectivity index (χ0) is 14.9. The molecule has 0 aromatic carbocycles. The Morgan fingerprint density at radius 1 is 1.45 bits per heavy atom. The monoisotopic (exact) mass is 300 g/mol. The van der Waals surface area contributed by atoms with Gasteiger partial charge in [0.25, 0.3) is 0 Å². The van der Waals surface area contributed by atoms with Crippen LogP contribution in [0.4, 0.5) is 0 Å². The van der Waals surface area contributed by atoms with E-state index in [0.717, 1.165) is 13.0 Å². The van der Waals surface area contributed by atoms with Crippen molar-refractivity contribution in [2.45, 2.75) is 45.1 Å². The van der Waals surface area contributed by atoms with Crippen molar-refractivity contribution in [3.63, 3.8) is 0 Å². The van der Waals surface area contributed by atoms with Crippen LogP contribution in [0.2, 0.25) is 0 Å². The normalized spacial score (nSPS) is 25.0. The highest BCUT2D eigenvalue weighted by molar-refractivity contribution is 7.89. The summed E-state index contributed by atoms with van der Waals surface area (Å²) in [7, 11) is -3.44. The minimum absolute atomic E-state index is 0.311. The number of rotatable bonds is 4. The van der Waals surface area contributed by atoms with E-state index in [2.05, 4.69) is 29.4 Å². The van der Waals surface area contributed by atoms with Gasteiger partial charge in [0.2, 0.25) is 10.0 Å². The molecule has 2 N–H and O–H groups in total. The molecule has 2 heterocycles. The Hall–Kier alpha value is -0.920. The molecule has 20 heavy (non-hydrogen) atoms. The molecule has 1 aliphatic heterocycles. The predicted molar refractivity (Wildman–Crippen MR) is 78.1 cm³/mol. The number of piperidine rings is 1. The van der Waals surface area contributed by atoms with Gasteiger partial charge < -0.3 is 5.32 Å². The molecule has 1 fully saturated rings. The number of hydrogen-bond donors (Lipinski definition) is 2. The van der Waals surface area contributed by atoms with Gasteiger partial charge in [-0.2, -0.15) is 9.40 Å². The minimum atomic E-state index is -3.44. The molecule has 0 spiro atoms. The molecule has 0 aliphatic carbocycles. The highest BCUT2D eigenvalue weighted by Gasteiger charge is 2.35. The number of sulfonamides is 1. The van der Waals surface area contributed by atoms with Crippen molar-refractivity contribution in [2.24, 2.45) is 5.92 Å². The van der Waals surface area contributed by atoms with Crippen LogP contribution in [0.25, 0.3) is 0 Å². The third-order valence-corrected chi connectivity index (χ3v) is 6.12. The van der Waals surface area contributed by atoms with Gasteiger partial charge in [-0.05, 0) is 32.7 Å². The topological polar surface area (TPSA) is 78.1 Å². The Kier molecular flexibility index (Phi) is 4.51. The third-order valence-electron chi connectivity index (χ3n) is 3.99. The lowest BCUT2D eigenvalue weighted by Gasteiger charge is -2.36. The van der Waals surface area contributed by atoms with Crippen molar-refractivity contribution in [1.82, 2.24) is 19.8 Å². The molecule has 6 nitrogen and oxygen atoms in total.